The van der Waals surface area contributed by atoms with Crippen molar-refractivity contribution in [3.05, 3.63) is 54.6 Å². The molecule has 0 unspecified atom stereocenters. The summed E-state index contributed by atoms with van der Waals surface area (Å²) in [5.74, 6) is 0.966. The predicted octanol–water partition coefficient (Wildman–Crippen LogP) is 3.33. The quantitative estimate of drug-likeness (QED) is 0.544. The molecule has 2 aromatic carbocycles. The van der Waals surface area contributed by atoms with Crippen molar-refractivity contribution < 1.29 is 14.1 Å². The summed E-state index contributed by atoms with van der Waals surface area (Å²) >= 11 is 0. The number of carbonyl (C=O) groups is 1. The minimum absolute atomic E-state index is 0.373. The Morgan fingerprint density at radius 3 is 2.57 bits per heavy atom. The Morgan fingerprint density at radius 1 is 1.05 bits per heavy atom. The summed E-state index contributed by atoms with van der Waals surface area (Å²) in [7, 11) is 0. The zero-order valence-electron chi connectivity index (χ0n) is 11.3. The van der Waals surface area contributed by atoms with Gasteiger partial charge >= 0.3 is 5.97 Å². The van der Waals surface area contributed by atoms with Crippen LogP contribution in [0, 0.1) is 0 Å². The Bertz CT molecular complexity index is 766. The lowest BCUT2D eigenvalue weighted by atomic mass is 10.2. The van der Waals surface area contributed by atoms with Crippen LogP contribution in [0.1, 0.15) is 6.92 Å². The molecular weight excluding hydrogens is 268 g/mol. The molecule has 1 heterocycles. The normalized spacial score (nSPS) is 10.3. The predicted molar refractivity (Wildman–Crippen MR) is 76.5 cm³/mol. The van der Waals surface area contributed by atoms with Gasteiger partial charge in [-0.3, -0.25) is 4.79 Å². The average molecular weight is 280 g/mol. The molecule has 0 aliphatic heterocycles. The molecule has 0 radical (unpaired) electrons. The first-order valence-corrected chi connectivity index (χ1v) is 6.40. The summed E-state index contributed by atoms with van der Waals surface area (Å²) in [4.78, 5) is 15.3. The number of hydrogen-bond acceptors (Lipinski definition) is 5. The second-order valence-corrected chi connectivity index (χ2v) is 4.41. The zero-order chi connectivity index (χ0) is 14.7. The molecule has 3 aromatic rings. The van der Waals surface area contributed by atoms with Crippen LogP contribution in [0.15, 0.2) is 59.1 Å². The van der Waals surface area contributed by atoms with Crippen molar-refractivity contribution in [2.75, 3.05) is 0 Å². The van der Waals surface area contributed by atoms with Crippen molar-refractivity contribution in [3.8, 4) is 28.6 Å². The molecule has 0 atom stereocenters. The van der Waals surface area contributed by atoms with Crippen LogP contribution in [-0.2, 0) is 4.79 Å². The molecule has 0 N–H and O–H groups in total. The van der Waals surface area contributed by atoms with E-state index in [1.165, 1.54) is 6.92 Å². The van der Waals surface area contributed by atoms with Gasteiger partial charge in [0, 0.05) is 18.1 Å². The summed E-state index contributed by atoms with van der Waals surface area (Å²) in [5.41, 5.74) is 1.58. The van der Waals surface area contributed by atoms with Gasteiger partial charge in [0.2, 0.25) is 5.82 Å². The first kappa shape index (κ1) is 13.1. The zero-order valence-corrected chi connectivity index (χ0v) is 11.3. The number of aromatic nitrogens is 2. The Morgan fingerprint density at radius 2 is 1.81 bits per heavy atom. The SMILES string of the molecule is CC(=O)Oc1cccc(-c2nc(-c3ccccc3)no2)c1. The maximum Gasteiger partial charge on any atom is 0.308 e. The van der Waals surface area contributed by atoms with Crippen molar-refractivity contribution in [1.82, 2.24) is 10.1 Å². The molecule has 104 valence electrons. The van der Waals surface area contributed by atoms with Crippen LogP contribution in [0.5, 0.6) is 5.75 Å². The van der Waals surface area contributed by atoms with Crippen LogP contribution < -0.4 is 4.74 Å². The van der Waals surface area contributed by atoms with E-state index in [1.54, 1.807) is 18.2 Å². The number of benzene rings is 2. The highest BCUT2D eigenvalue weighted by Crippen LogP contribution is 2.25. The fraction of sp³-hybridized carbons (Fsp3) is 0.0625. The minimum Gasteiger partial charge on any atom is -0.427 e. The fourth-order valence-corrected chi connectivity index (χ4v) is 1.90. The van der Waals surface area contributed by atoms with Gasteiger partial charge in [0.15, 0.2) is 0 Å². The highest BCUT2D eigenvalue weighted by atomic mass is 16.5. The fourth-order valence-electron chi connectivity index (χ4n) is 1.90. The van der Waals surface area contributed by atoms with E-state index in [4.69, 9.17) is 9.26 Å². The topological polar surface area (TPSA) is 65.2 Å². The molecule has 5 nitrogen and oxygen atoms in total. The van der Waals surface area contributed by atoms with Gasteiger partial charge in [-0.1, -0.05) is 41.6 Å². The lowest BCUT2D eigenvalue weighted by Gasteiger charge is -2.01. The second-order valence-electron chi connectivity index (χ2n) is 4.41. The third-order valence-electron chi connectivity index (χ3n) is 2.80. The highest BCUT2D eigenvalue weighted by Gasteiger charge is 2.11. The standard InChI is InChI=1S/C16H12N2O3/c1-11(19)20-14-9-5-8-13(10-14)16-17-15(18-21-16)12-6-3-2-4-7-12/h2-10H,1H3. The number of hydrogen-bond donors (Lipinski definition) is 0. The third-order valence-corrected chi connectivity index (χ3v) is 2.80. The van der Waals surface area contributed by atoms with E-state index < -0.39 is 0 Å². The minimum atomic E-state index is -0.373. The van der Waals surface area contributed by atoms with Crippen molar-refractivity contribution in [3.63, 3.8) is 0 Å². The summed E-state index contributed by atoms with van der Waals surface area (Å²) < 4.78 is 10.3. The molecule has 0 fully saturated rings. The van der Waals surface area contributed by atoms with Crippen LogP contribution in [0.3, 0.4) is 0 Å². The Hall–Kier alpha value is -2.95. The van der Waals surface area contributed by atoms with E-state index in [1.807, 2.05) is 36.4 Å². The average Bonchev–Trinajstić information content (AvgIpc) is 2.98. The molecule has 0 saturated carbocycles. The number of esters is 1. The highest BCUT2D eigenvalue weighted by molar-refractivity contribution is 5.70. The second kappa shape index (κ2) is 5.58. The molecule has 5 heteroatoms. The van der Waals surface area contributed by atoms with E-state index >= 15 is 0 Å². The van der Waals surface area contributed by atoms with Gasteiger partial charge in [-0.15, -0.1) is 0 Å². The smallest absolute Gasteiger partial charge is 0.308 e. The van der Waals surface area contributed by atoms with E-state index in [-0.39, 0.29) is 5.97 Å². The number of ether oxygens (including phenoxy) is 1. The van der Waals surface area contributed by atoms with Crippen molar-refractivity contribution in [1.29, 1.82) is 0 Å². The molecular formula is C16H12N2O3. The van der Waals surface area contributed by atoms with Crippen LogP contribution >= 0.6 is 0 Å². The molecule has 0 saturated heterocycles. The maximum absolute atomic E-state index is 11.0. The van der Waals surface area contributed by atoms with Gasteiger partial charge in [0.1, 0.15) is 5.75 Å². The van der Waals surface area contributed by atoms with Crippen LogP contribution in [0.4, 0.5) is 0 Å². The molecule has 21 heavy (non-hydrogen) atoms. The van der Waals surface area contributed by atoms with Crippen molar-refractivity contribution >= 4 is 5.97 Å². The number of carbonyl (C=O) groups excluding carboxylic acids is 1. The molecule has 1 aromatic heterocycles. The maximum atomic E-state index is 11.0. The Balaban J connectivity index is 1.91. The number of rotatable bonds is 3. The molecule has 0 spiro atoms. The number of nitrogens with zero attached hydrogens (tertiary/aromatic N) is 2. The van der Waals surface area contributed by atoms with Crippen molar-refractivity contribution in [2.24, 2.45) is 0 Å². The first-order chi connectivity index (χ1) is 10.2. The summed E-state index contributed by atoms with van der Waals surface area (Å²) in [6.07, 6.45) is 0. The van der Waals surface area contributed by atoms with E-state index in [2.05, 4.69) is 10.1 Å². The van der Waals surface area contributed by atoms with E-state index in [9.17, 15) is 4.79 Å². The Kier molecular flexibility index (Phi) is 3.47. The third kappa shape index (κ3) is 2.97. The van der Waals surface area contributed by atoms with Gasteiger partial charge in [0.25, 0.3) is 5.89 Å². The largest absolute Gasteiger partial charge is 0.427 e. The van der Waals surface area contributed by atoms with Crippen LogP contribution in [0.2, 0.25) is 0 Å². The summed E-state index contributed by atoms with van der Waals surface area (Å²) in [5, 5.41) is 3.96. The molecule has 0 aliphatic rings. The summed E-state index contributed by atoms with van der Waals surface area (Å²) in [6.45, 7) is 1.35. The van der Waals surface area contributed by atoms with Gasteiger partial charge in [-0.25, -0.2) is 0 Å². The summed E-state index contributed by atoms with van der Waals surface area (Å²) in [6, 6.07) is 16.5. The lowest BCUT2D eigenvalue weighted by molar-refractivity contribution is -0.131. The van der Waals surface area contributed by atoms with Gasteiger partial charge in [-0.2, -0.15) is 4.98 Å². The van der Waals surface area contributed by atoms with E-state index in [0.29, 0.717) is 23.0 Å². The van der Waals surface area contributed by atoms with Gasteiger partial charge in [-0.05, 0) is 18.2 Å². The lowest BCUT2D eigenvalue weighted by Crippen LogP contribution is -2.01. The van der Waals surface area contributed by atoms with Crippen LogP contribution in [0.25, 0.3) is 22.8 Å². The molecule has 3 rings (SSSR count). The first-order valence-electron chi connectivity index (χ1n) is 6.40. The van der Waals surface area contributed by atoms with Crippen LogP contribution in [-0.4, -0.2) is 16.1 Å². The van der Waals surface area contributed by atoms with Gasteiger partial charge < -0.3 is 9.26 Å². The Labute approximate surface area is 121 Å². The van der Waals surface area contributed by atoms with E-state index in [0.717, 1.165) is 5.56 Å². The van der Waals surface area contributed by atoms with Gasteiger partial charge in [0.05, 0.1) is 0 Å². The monoisotopic (exact) mass is 280 g/mol. The van der Waals surface area contributed by atoms with Crippen molar-refractivity contribution in [2.45, 2.75) is 6.92 Å². The molecule has 0 amide bonds. The molecule has 0 aliphatic carbocycles. The molecule has 0 bridgehead atoms.